The molecule has 0 fully saturated rings. The fourth-order valence-electron chi connectivity index (χ4n) is 2.10. The summed E-state index contributed by atoms with van der Waals surface area (Å²) in [6.07, 6.45) is -5.78. The monoisotopic (exact) mass is 361 g/mol. The topological polar surface area (TPSA) is 33.0 Å². The molecular formula is C16H9ClF5NO. The van der Waals surface area contributed by atoms with E-state index in [1.165, 1.54) is 19.2 Å². The predicted molar refractivity (Wildman–Crippen MR) is 78.1 cm³/mol. The van der Waals surface area contributed by atoms with E-state index in [9.17, 15) is 22.0 Å². The van der Waals surface area contributed by atoms with Crippen molar-refractivity contribution in [1.29, 1.82) is 5.26 Å². The molecule has 0 aliphatic rings. The van der Waals surface area contributed by atoms with Crippen LogP contribution in [0.5, 0.6) is 5.75 Å². The highest BCUT2D eigenvalue weighted by Crippen LogP contribution is 2.48. The highest BCUT2D eigenvalue weighted by Gasteiger charge is 2.59. The van der Waals surface area contributed by atoms with Crippen LogP contribution in [0.1, 0.15) is 11.1 Å². The molecule has 0 radical (unpaired) electrons. The van der Waals surface area contributed by atoms with Crippen molar-refractivity contribution >= 4 is 11.6 Å². The highest BCUT2D eigenvalue weighted by atomic mass is 35.5. The molecule has 0 unspecified atom stereocenters. The van der Waals surface area contributed by atoms with Crippen molar-refractivity contribution in [2.24, 2.45) is 0 Å². The molecule has 0 amide bonds. The molecule has 0 bridgehead atoms. The van der Waals surface area contributed by atoms with Gasteiger partial charge in [0.15, 0.2) is 0 Å². The third-order valence-electron chi connectivity index (χ3n) is 3.31. The van der Waals surface area contributed by atoms with E-state index in [4.69, 9.17) is 21.6 Å². The molecular weight excluding hydrogens is 353 g/mol. The number of nitriles is 1. The average molecular weight is 362 g/mol. The Morgan fingerprint density at radius 1 is 1.00 bits per heavy atom. The van der Waals surface area contributed by atoms with Gasteiger partial charge in [0.05, 0.1) is 18.7 Å². The fourth-order valence-corrected chi connectivity index (χ4v) is 2.32. The summed E-state index contributed by atoms with van der Waals surface area (Å²) in [5.74, 6) is -5.02. The SMILES string of the molecule is COc1ccc(C(F)(F)C(F)(F)F)c(-c2cc(C#N)ccc2Cl)c1. The normalized spacial score (nSPS) is 11.9. The molecule has 0 heterocycles. The van der Waals surface area contributed by atoms with Crippen molar-refractivity contribution in [2.75, 3.05) is 7.11 Å². The van der Waals surface area contributed by atoms with Crippen LogP contribution in [-0.2, 0) is 5.92 Å². The van der Waals surface area contributed by atoms with Gasteiger partial charge in [0.25, 0.3) is 0 Å². The molecule has 0 N–H and O–H groups in total. The Hall–Kier alpha value is -2.33. The maximum Gasteiger partial charge on any atom is 0.458 e. The minimum Gasteiger partial charge on any atom is -0.497 e. The zero-order chi connectivity index (χ0) is 18.1. The minimum absolute atomic E-state index is 0.0681. The first-order valence-corrected chi connectivity index (χ1v) is 6.82. The summed E-state index contributed by atoms with van der Waals surface area (Å²) in [6.45, 7) is 0. The summed E-state index contributed by atoms with van der Waals surface area (Å²) in [5, 5.41) is 8.85. The van der Waals surface area contributed by atoms with Gasteiger partial charge in [-0.2, -0.15) is 27.2 Å². The van der Waals surface area contributed by atoms with E-state index < -0.39 is 23.2 Å². The maximum atomic E-state index is 13.9. The number of methoxy groups -OCH3 is 1. The summed E-state index contributed by atoms with van der Waals surface area (Å²) in [4.78, 5) is 0. The molecule has 24 heavy (non-hydrogen) atoms. The molecule has 2 aromatic carbocycles. The Morgan fingerprint density at radius 2 is 1.67 bits per heavy atom. The fraction of sp³-hybridized carbons (Fsp3) is 0.188. The van der Waals surface area contributed by atoms with Gasteiger partial charge >= 0.3 is 12.1 Å². The third-order valence-corrected chi connectivity index (χ3v) is 3.64. The van der Waals surface area contributed by atoms with E-state index in [1.54, 1.807) is 6.07 Å². The van der Waals surface area contributed by atoms with Crippen molar-refractivity contribution in [3.8, 4) is 22.9 Å². The summed E-state index contributed by atoms with van der Waals surface area (Å²) >= 11 is 5.94. The minimum atomic E-state index is -5.78. The molecule has 8 heteroatoms. The molecule has 0 spiro atoms. The number of alkyl halides is 5. The van der Waals surface area contributed by atoms with E-state index in [0.29, 0.717) is 6.07 Å². The van der Waals surface area contributed by atoms with E-state index in [2.05, 4.69) is 0 Å². The number of halogens is 6. The van der Waals surface area contributed by atoms with Gasteiger partial charge in [-0.25, -0.2) is 0 Å². The van der Waals surface area contributed by atoms with Crippen molar-refractivity contribution in [3.63, 3.8) is 0 Å². The Balaban J connectivity index is 2.80. The second-order valence-electron chi connectivity index (χ2n) is 4.79. The molecule has 0 aromatic heterocycles. The van der Waals surface area contributed by atoms with Gasteiger partial charge in [-0.15, -0.1) is 0 Å². The van der Waals surface area contributed by atoms with Gasteiger partial charge in [-0.05, 0) is 42.0 Å². The Kier molecular flexibility index (Phi) is 4.72. The zero-order valence-electron chi connectivity index (χ0n) is 12.1. The van der Waals surface area contributed by atoms with Crippen LogP contribution in [0.4, 0.5) is 22.0 Å². The number of benzene rings is 2. The van der Waals surface area contributed by atoms with Crippen LogP contribution in [0.25, 0.3) is 11.1 Å². The van der Waals surface area contributed by atoms with E-state index in [0.717, 1.165) is 18.2 Å². The third kappa shape index (κ3) is 3.15. The number of rotatable bonds is 3. The molecule has 2 nitrogen and oxygen atoms in total. The lowest BCUT2D eigenvalue weighted by molar-refractivity contribution is -0.289. The zero-order valence-corrected chi connectivity index (χ0v) is 12.8. The first kappa shape index (κ1) is 18.0. The van der Waals surface area contributed by atoms with E-state index >= 15 is 0 Å². The van der Waals surface area contributed by atoms with Crippen LogP contribution < -0.4 is 4.74 Å². The van der Waals surface area contributed by atoms with Crippen LogP contribution in [0.2, 0.25) is 5.02 Å². The van der Waals surface area contributed by atoms with Crippen molar-refractivity contribution < 1.29 is 26.7 Å². The predicted octanol–water partition coefficient (Wildman–Crippen LogP) is 5.54. The van der Waals surface area contributed by atoms with E-state index in [-0.39, 0.29) is 21.9 Å². The first-order chi connectivity index (χ1) is 11.1. The summed E-state index contributed by atoms with van der Waals surface area (Å²) in [7, 11) is 1.24. The lowest BCUT2D eigenvalue weighted by Crippen LogP contribution is -2.34. The van der Waals surface area contributed by atoms with E-state index in [1.807, 2.05) is 0 Å². The summed E-state index contributed by atoms with van der Waals surface area (Å²) in [5.41, 5.74) is -1.78. The van der Waals surface area contributed by atoms with Crippen LogP contribution in [0.15, 0.2) is 36.4 Å². The van der Waals surface area contributed by atoms with Gasteiger partial charge in [-0.3, -0.25) is 0 Å². The average Bonchev–Trinajstić information content (AvgIpc) is 2.53. The highest BCUT2D eigenvalue weighted by molar-refractivity contribution is 6.33. The van der Waals surface area contributed by atoms with Crippen LogP contribution >= 0.6 is 11.6 Å². The lowest BCUT2D eigenvalue weighted by atomic mass is 9.94. The van der Waals surface area contributed by atoms with Gasteiger partial charge in [0.1, 0.15) is 5.75 Å². The molecule has 0 atom stereocenters. The summed E-state index contributed by atoms with van der Waals surface area (Å²) < 4.78 is 71.0. The number of hydrogen-bond acceptors (Lipinski definition) is 2. The Labute approximate surface area is 139 Å². The van der Waals surface area contributed by atoms with Crippen molar-refractivity contribution in [2.45, 2.75) is 12.1 Å². The summed E-state index contributed by atoms with van der Waals surface area (Å²) in [6, 6.07) is 8.17. The smallest absolute Gasteiger partial charge is 0.458 e. The molecule has 126 valence electrons. The molecule has 2 rings (SSSR count). The van der Waals surface area contributed by atoms with Crippen LogP contribution in [0.3, 0.4) is 0 Å². The van der Waals surface area contributed by atoms with Gasteiger partial charge in [0.2, 0.25) is 0 Å². The standard InChI is InChI=1S/C16H9ClF5NO/c1-24-10-3-4-13(15(18,19)16(20,21)22)11(7-10)12-6-9(8-23)2-5-14(12)17/h2-7H,1H3. The first-order valence-electron chi connectivity index (χ1n) is 6.45. The molecule has 0 aliphatic carbocycles. The number of ether oxygens (including phenoxy) is 1. The van der Waals surface area contributed by atoms with Crippen molar-refractivity contribution in [1.82, 2.24) is 0 Å². The van der Waals surface area contributed by atoms with Gasteiger partial charge in [-0.1, -0.05) is 11.6 Å². The number of nitrogens with zero attached hydrogens (tertiary/aromatic N) is 1. The molecule has 0 saturated heterocycles. The second-order valence-corrected chi connectivity index (χ2v) is 5.20. The Morgan fingerprint density at radius 3 is 2.21 bits per heavy atom. The molecule has 2 aromatic rings. The Bertz CT molecular complexity index is 811. The van der Waals surface area contributed by atoms with Crippen molar-refractivity contribution in [3.05, 3.63) is 52.5 Å². The largest absolute Gasteiger partial charge is 0.497 e. The quantitative estimate of drug-likeness (QED) is 0.672. The molecule has 0 aliphatic heterocycles. The number of hydrogen-bond donors (Lipinski definition) is 0. The lowest BCUT2D eigenvalue weighted by Gasteiger charge is -2.23. The molecule has 0 saturated carbocycles. The second kappa shape index (κ2) is 6.29. The van der Waals surface area contributed by atoms with Crippen LogP contribution in [0, 0.1) is 11.3 Å². The van der Waals surface area contributed by atoms with Gasteiger partial charge in [0, 0.05) is 16.1 Å². The van der Waals surface area contributed by atoms with Crippen LogP contribution in [-0.4, -0.2) is 13.3 Å². The van der Waals surface area contributed by atoms with Gasteiger partial charge < -0.3 is 4.74 Å². The maximum absolute atomic E-state index is 13.9.